The smallest absolute Gasteiger partial charge is 0.274 e. The van der Waals surface area contributed by atoms with Crippen LogP contribution < -0.4 is 99.1 Å². The first-order valence-electron chi connectivity index (χ1n) is 9.29. The lowest BCUT2D eigenvalue weighted by atomic mass is 9.83. The molecule has 1 rings (SSSR count). The molecule has 0 saturated heterocycles. The van der Waals surface area contributed by atoms with Gasteiger partial charge in [0.25, 0.3) is 51.4 Å². The van der Waals surface area contributed by atoms with Gasteiger partial charge in [0, 0.05) is 12.8 Å². The first-order valence-corrected chi connectivity index (χ1v) is 20.8. The Kier molecular flexibility index (Phi) is 26.8. The van der Waals surface area contributed by atoms with Crippen LogP contribution in [0.25, 0.3) is 0 Å². The van der Waals surface area contributed by atoms with Crippen LogP contribution >= 0.6 is 45.6 Å². The summed E-state index contributed by atoms with van der Waals surface area (Å²) in [5.41, 5.74) is 80.4. The van der Waals surface area contributed by atoms with Crippen molar-refractivity contribution < 1.29 is 58.0 Å². The standard InChI is InChI=1S/C6H12O6.6H6N3OP/c7-4(8)2-1-3-5(9,10)6(4,11)12;6*1-5(2,3)4/h7-12H,1-3H2;6*(H6,1,2,3,4). The normalized spacial score (nSPS) is 17.4. The van der Waals surface area contributed by atoms with Gasteiger partial charge in [0.1, 0.15) is 0 Å². The molecule has 0 bridgehead atoms. The lowest BCUT2D eigenvalue weighted by Gasteiger charge is -2.46. The Morgan fingerprint density at radius 2 is 0.429 bits per heavy atom. The average molecular weight is 750 g/mol. The van der Waals surface area contributed by atoms with Crippen LogP contribution in [0.4, 0.5) is 0 Å². The van der Waals surface area contributed by atoms with Crippen LogP contribution in [-0.4, -0.2) is 48.0 Å². The second-order valence-corrected chi connectivity index (χ2v) is 16.9. The quantitative estimate of drug-likeness (QED) is 0.0807. The fourth-order valence-electron chi connectivity index (χ4n) is 1.25. The van der Waals surface area contributed by atoms with Crippen LogP contribution in [0.1, 0.15) is 19.3 Å². The molecule has 0 heterocycles. The van der Waals surface area contributed by atoms with Crippen LogP contribution in [-0.2, 0) is 27.4 Å². The highest BCUT2D eigenvalue weighted by atomic mass is 31.2. The van der Waals surface area contributed by atoms with Crippen molar-refractivity contribution in [3.05, 3.63) is 0 Å². The highest BCUT2D eigenvalue weighted by Gasteiger charge is 2.63. The highest BCUT2D eigenvalue weighted by molar-refractivity contribution is 7.57. The first-order chi connectivity index (χ1) is 17.2. The first kappa shape index (κ1) is 54.9. The number of aliphatic hydroxyl groups is 6. The summed E-state index contributed by atoms with van der Waals surface area (Å²) in [6, 6.07) is 0. The molecule has 36 heteroatoms. The second kappa shape index (κ2) is 20.5. The molecule has 0 atom stereocenters. The largest absolute Gasteiger partial charge is 0.361 e. The van der Waals surface area contributed by atoms with E-state index in [1.165, 1.54) is 0 Å². The molecule has 0 aromatic carbocycles. The van der Waals surface area contributed by atoms with Gasteiger partial charge in [-0.1, -0.05) is 0 Å². The van der Waals surface area contributed by atoms with Gasteiger partial charge in [-0.05, 0) is 6.42 Å². The van der Waals surface area contributed by atoms with E-state index in [-0.39, 0.29) is 19.3 Å². The van der Waals surface area contributed by atoms with Crippen molar-refractivity contribution in [1.82, 2.24) is 0 Å². The molecule has 1 aliphatic carbocycles. The van der Waals surface area contributed by atoms with Crippen molar-refractivity contribution in [2.45, 2.75) is 36.6 Å². The van der Waals surface area contributed by atoms with Gasteiger partial charge in [-0.25, -0.2) is 0 Å². The van der Waals surface area contributed by atoms with Crippen molar-refractivity contribution in [1.29, 1.82) is 0 Å². The minimum atomic E-state index is -3.31. The maximum atomic E-state index is 9.55. The van der Waals surface area contributed by atoms with E-state index >= 15 is 0 Å². The summed E-state index contributed by atoms with van der Waals surface area (Å²) in [4.78, 5) is 0. The number of hydrogen-bond acceptors (Lipinski definition) is 12. The molecule has 0 aromatic rings. The molecule has 42 heavy (non-hydrogen) atoms. The van der Waals surface area contributed by atoms with E-state index < -0.39 is 62.9 Å². The molecular formula is C6H48N18O12P6. The van der Waals surface area contributed by atoms with E-state index in [0.717, 1.165) is 0 Å². The van der Waals surface area contributed by atoms with Crippen molar-refractivity contribution in [2.24, 2.45) is 99.1 Å². The predicted molar refractivity (Wildman–Crippen MR) is 156 cm³/mol. The zero-order valence-electron chi connectivity index (χ0n) is 21.8. The van der Waals surface area contributed by atoms with Crippen molar-refractivity contribution in [3.63, 3.8) is 0 Å². The van der Waals surface area contributed by atoms with Crippen molar-refractivity contribution in [2.75, 3.05) is 0 Å². The van der Waals surface area contributed by atoms with Gasteiger partial charge in [-0.2, -0.15) is 0 Å². The van der Waals surface area contributed by atoms with E-state index in [2.05, 4.69) is 99.1 Å². The summed E-state index contributed by atoms with van der Waals surface area (Å²) < 4.78 is 57.3. The maximum Gasteiger partial charge on any atom is 0.274 e. The second-order valence-electron chi connectivity index (χ2n) is 7.74. The number of rotatable bonds is 0. The molecule has 0 unspecified atom stereocenters. The summed E-state index contributed by atoms with van der Waals surface area (Å²) in [5, 5.41) is 53.9. The summed E-state index contributed by atoms with van der Waals surface area (Å²) in [7, 11) is -18.8. The van der Waals surface area contributed by atoms with Crippen LogP contribution in [0.2, 0.25) is 0 Å². The zero-order chi connectivity index (χ0) is 36.6. The third kappa shape index (κ3) is 90.0. The van der Waals surface area contributed by atoms with Gasteiger partial charge in [0.2, 0.25) is 11.6 Å². The van der Waals surface area contributed by atoms with Gasteiger partial charge < -0.3 is 30.6 Å². The highest BCUT2D eigenvalue weighted by Crippen LogP contribution is 2.39. The van der Waals surface area contributed by atoms with E-state index in [0.29, 0.717) is 0 Å². The number of hydrogen-bond donors (Lipinski definition) is 24. The molecule has 0 amide bonds. The summed E-state index contributed by atoms with van der Waals surface area (Å²) in [6.07, 6.45) is -0.547. The van der Waals surface area contributed by atoms with Gasteiger partial charge in [0.15, 0.2) is 0 Å². The van der Waals surface area contributed by atoms with E-state index in [9.17, 15) is 27.4 Å². The predicted octanol–water partition coefficient (Wildman–Crippen LogP) is -8.96. The Balaban J connectivity index is -0.0000000944. The molecule has 0 spiro atoms. The third-order valence-electron chi connectivity index (χ3n) is 2.17. The molecule has 0 aromatic heterocycles. The van der Waals surface area contributed by atoms with Gasteiger partial charge in [-0.15, -0.1) is 0 Å². The number of nitrogens with two attached hydrogens (primary N) is 18. The molecule has 264 valence electrons. The topological polar surface area (TPSA) is 692 Å². The lowest BCUT2D eigenvalue weighted by Crippen LogP contribution is -2.70. The third-order valence-corrected chi connectivity index (χ3v) is 2.17. The molecule has 0 aliphatic heterocycles. The van der Waals surface area contributed by atoms with Crippen molar-refractivity contribution in [3.8, 4) is 0 Å². The Bertz CT molecular complexity index is 798. The maximum absolute atomic E-state index is 9.55. The molecule has 0 radical (unpaired) electrons. The minimum absolute atomic E-state index is 0.0862. The zero-order valence-corrected chi connectivity index (χ0v) is 27.2. The molecule has 1 saturated carbocycles. The fraction of sp³-hybridized carbons (Fsp3) is 1.00. The molecule has 42 N–H and O–H groups in total. The summed E-state index contributed by atoms with van der Waals surface area (Å²) >= 11 is 0. The summed E-state index contributed by atoms with van der Waals surface area (Å²) in [5.74, 6) is -9.07. The summed E-state index contributed by atoms with van der Waals surface area (Å²) in [6.45, 7) is 0. The van der Waals surface area contributed by atoms with Gasteiger partial charge in [-0.3, -0.25) is 126 Å². The Morgan fingerprint density at radius 1 is 0.333 bits per heavy atom. The Hall–Kier alpha value is 0.420. The van der Waals surface area contributed by atoms with Gasteiger partial charge >= 0.3 is 0 Å². The molecule has 1 aliphatic rings. The lowest BCUT2D eigenvalue weighted by molar-refractivity contribution is -0.466. The van der Waals surface area contributed by atoms with E-state index in [1.54, 1.807) is 0 Å². The fourth-order valence-corrected chi connectivity index (χ4v) is 1.25. The van der Waals surface area contributed by atoms with Crippen LogP contribution in [0.15, 0.2) is 0 Å². The molecule has 30 nitrogen and oxygen atoms in total. The van der Waals surface area contributed by atoms with Gasteiger partial charge in [0.05, 0.1) is 0 Å². The van der Waals surface area contributed by atoms with Crippen LogP contribution in [0, 0.1) is 0 Å². The average Bonchev–Trinajstić information content (AvgIpc) is 2.42. The SMILES string of the molecule is NP(N)(N)=O.NP(N)(N)=O.NP(N)(N)=O.NP(N)(N)=O.NP(N)(N)=O.NP(N)(N)=O.OC1(O)CCCC(O)(O)C1(O)O. The van der Waals surface area contributed by atoms with Crippen molar-refractivity contribution >= 4 is 45.6 Å². The monoisotopic (exact) mass is 750 g/mol. The van der Waals surface area contributed by atoms with E-state index in [4.69, 9.17) is 30.6 Å². The Labute approximate surface area is 239 Å². The Morgan fingerprint density at radius 3 is 0.500 bits per heavy atom. The minimum Gasteiger partial charge on any atom is -0.361 e. The van der Waals surface area contributed by atoms with Crippen LogP contribution in [0.3, 0.4) is 0 Å². The molecule has 1 fully saturated rings. The molecular weight excluding hydrogens is 702 g/mol. The van der Waals surface area contributed by atoms with Crippen LogP contribution in [0.5, 0.6) is 0 Å². The van der Waals surface area contributed by atoms with E-state index in [1.807, 2.05) is 0 Å².